The van der Waals surface area contributed by atoms with E-state index in [0.29, 0.717) is 25.0 Å². The van der Waals surface area contributed by atoms with Crippen molar-refractivity contribution >= 4 is 28.0 Å². The van der Waals surface area contributed by atoms with Crippen molar-refractivity contribution in [2.24, 2.45) is 5.92 Å². The summed E-state index contributed by atoms with van der Waals surface area (Å²) in [5, 5.41) is 5.37. The van der Waals surface area contributed by atoms with Crippen molar-refractivity contribution in [1.29, 1.82) is 0 Å². The minimum absolute atomic E-state index is 0.0441. The quantitative estimate of drug-likeness (QED) is 0.136. The summed E-state index contributed by atoms with van der Waals surface area (Å²) >= 11 is 0. The zero-order valence-corrected chi connectivity index (χ0v) is 27.7. The third kappa shape index (κ3) is 14.7. The third-order valence-electron chi connectivity index (χ3n) is 7.48. The van der Waals surface area contributed by atoms with Crippen LogP contribution in [0.5, 0.6) is 5.75 Å². The van der Waals surface area contributed by atoms with E-state index in [-0.39, 0.29) is 38.7 Å². The van der Waals surface area contributed by atoms with Gasteiger partial charge in [-0.3, -0.25) is 4.79 Å². The number of Topliss-reactive ketones (excluding diaryl/α,β-unsaturated/α-hetero) is 1. The lowest BCUT2D eigenvalue weighted by molar-refractivity contribution is -0.122. The van der Waals surface area contributed by atoms with Crippen molar-refractivity contribution in [2.75, 3.05) is 18.9 Å². The molecule has 0 saturated heterocycles. The van der Waals surface area contributed by atoms with Crippen LogP contribution in [0.1, 0.15) is 50.7 Å². The van der Waals surface area contributed by atoms with Crippen LogP contribution in [0.3, 0.4) is 0 Å². The molecule has 3 aromatic carbocycles. The van der Waals surface area contributed by atoms with Crippen molar-refractivity contribution in [3.05, 3.63) is 102 Å². The van der Waals surface area contributed by atoms with Gasteiger partial charge in [-0.1, -0.05) is 99.1 Å². The first-order valence-corrected chi connectivity index (χ1v) is 17.4. The summed E-state index contributed by atoms with van der Waals surface area (Å²) in [4.78, 5) is 37.9. The fourth-order valence-electron chi connectivity index (χ4n) is 4.55. The van der Waals surface area contributed by atoms with Gasteiger partial charge in [0.25, 0.3) is 0 Å². The summed E-state index contributed by atoms with van der Waals surface area (Å²) in [5.41, 5.74) is 1.67. The molecule has 0 spiro atoms. The van der Waals surface area contributed by atoms with Crippen LogP contribution in [0.25, 0.3) is 0 Å². The lowest BCUT2D eigenvalue weighted by Crippen LogP contribution is -2.50. The molecule has 0 aromatic heterocycles. The number of rotatable bonds is 20. The number of unbranched alkanes of at least 4 members (excludes halogenated alkanes) is 1. The minimum Gasteiger partial charge on any atom is -0.486 e. The van der Waals surface area contributed by atoms with Crippen molar-refractivity contribution in [1.82, 2.24) is 15.4 Å². The average molecular weight is 668 g/mol. The van der Waals surface area contributed by atoms with Gasteiger partial charge in [-0.05, 0) is 48.4 Å². The Labute approximate surface area is 277 Å². The van der Waals surface area contributed by atoms with E-state index in [9.17, 15) is 22.8 Å². The van der Waals surface area contributed by atoms with E-state index >= 15 is 0 Å². The predicted molar refractivity (Wildman–Crippen MR) is 179 cm³/mol. The highest BCUT2D eigenvalue weighted by Gasteiger charge is 2.30. The molecular formula is C35H45N3O8S. The number of carbonyl (C=O) groups is 3. The van der Waals surface area contributed by atoms with Crippen LogP contribution in [0.2, 0.25) is 0 Å². The second kappa shape index (κ2) is 20.0. The van der Waals surface area contributed by atoms with Gasteiger partial charge < -0.3 is 24.8 Å². The topological polar surface area (TPSA) is 149 Å². The molecule has 11 nitrogen and oxygen atoms in total. The number of carbonyl (C=O) groups excluding carboxylic acids is 3. The minimum atomic E-state index is -4.05. The monoisotopic (exact) mass is 667 g/mol. The molecule has 2 amide bonds. The molecule has 47 heavy (non-hydrogen) atoms. The van der Waals surface area contributed by atoms with Crippen LogP contribution >= 0.6 is 0 Å². The number of benzene rings is 3. The Morgan fingerprint density at radius 2 is 1.32 bits per heavy atom. The van der Waals surface area contributed by atoms with E-state index in [1.165, 1.54) is 0 Å². The molecule has 12 heteroatoms. The Morgan fingerprint density at radius 1 is 0.766 bits per heavy atom. The maximum atomic E-state index is 13.4. The van der Waals surface area contributed by atoms with E-state index in [1.54, 1.807) is 24.3 Å². The highest BCUT2D eigenvalue weighted by atomic mass is 32.2. The number of nitrogens with one attached hydrogen (secondary N) is 3. The molecule has 0 fully saturated rings. The highest BCUT2D eigenvalue weighted by molar-refractivity contribution is 7.89. The maximum absolute atomic E-state index is 13.4. The summed E-state index contributed by atoms with van der Waals surface area (Å²) in [7, 11) is -4.05. The molecule has 3 N–H and O–H groups in total. The maximum Gasteiger partial charge on any atom is 0.407 e. The Hall–Kier alpha value is -4.42. The van der Waals surface area contributed by atoms with Gasteiger partial charge in [0, 0.05) is 12.6 Å². The zero-order valence-electron chi connectivity index (χ0n) is 26.9. The fourth-order valence-corrected chi connectivity index (χ4v) is 6.21. The molecule has 2 unspecified atom stereocenters. The molecule has 3 atom stereocenters. The smallest absolute Gasteiger partial charge is 0.407 e. The SMILES string of the molecule is CCC(C)[C@@H](CS(=O)(=O)NC(CCCCNC(=O)OCc1ccccc1)C(=O)COc1ccccc1)NC(=O)OCc1ccccc1. The standard InChI is InChI=1S/C35H45N3O8S/c1-3-27(2)32(37-35(41)46-24-29-17-9-5-10-18-29)26-47(42,43)38-31(33(39)25-44-30-19-11-6-12-20-30)21-13-14-22-36-34(40)45-23-28-15-7-4-8-16-28/h4-12,15-20,27,31-32,38H,3,13-14,21-26H2,1-2H3,(H,36,40)(H,37,41)/t27?,31?,32-/m1/s1. The molecule has 0 radical (unpaired) electrons. The van der Waals surface area contributed by atoms with Crippen molar-refractivity contribution < 1.29 is 37.0 Å². The third-order valence-corrected chi connectivity index (χ3v) is 8.92. The molecule has 0 aliphatic rings. The molecular weight excluding hydrogens is 622 g/mol. The lowest BCUT2D eigenvalue weighted by atomic mass is 10.0. The fraction of sp³-hybridized carbons (Fsp3) is 0.400. The normalized spacial score (nSPS) is 13.1. The van der Waals surface area contributed by atoms with Gasteiger partial charge in [0.2, 0.25) is 10.0 Å². The average Bonchev–Trinajstić information content (AvgIpc) is 3.08. The van der Waals surface area contributed by atoms with Crippen LogP contribution in [0.15, 0.2) is 91.0 Å². The number of ketones is 1. The summed E-state index contributed by atoms with van der Waals surface area (Å²) in [5.74, 6) is -0.599. The van der Waals surface area contributed by atoms with Crippen molar-refractivity contribution in [3.8, 4) is 5.75 Å². The summed E-state index contributed by atoms with van der Waals surface area (Å²) < 4.78 is 45.5. The summed E-state index contributed by atoms with van der Waals surface area (Å²) in [6, 6.07) is 25.4. The van der Waals surface area contributed by atoms with E-state index in [4.69, 9.17) is 14.2 Å². The zero-order chi connectivity index (χ0) is 33.9. The van der Waals surface area contributed by atoms with E-state index in [1.807, 2.05) is 80.6 Å². The van der Waals surface area contributed by atoms with Crippen molar-refractivity contribution in [2.45, 2.75) is 64.8 Å². The molecule has 254 valence electrons. The number of amides is 2. The Balaban J connectivity index is 1.56. The van der Waals surface area contributed by atoms with Crippen LogP contribution in [-0.2, 0) is 37.5 Å². The molecule has 0 bridgehead atoms. The van der Waals surface area contributed by atoms with Gasteiger partial charge in [-0.25, -0.2) is 22.7 Å². The van der Waals surface area contributed by atoms with E-state index in [2.05, 4.69) is 15.4 Å². The number of alkyl carbamates (subject to hydrolysis) is 2. The Kier molecular flexibility index (Phi) is 15.7. The van der Waals surface area contributed by atoms with Crippen LogP contribution in [0, 0.1) is 5.92 Å². The molecule has 0 aliphatic heterocycles. The number of hydrogen-bond donors (Lipinski definition) is 3. The first-order valence-electron chi connectivity index (χ1n) is 15.8. The van der Waals surface area contributed by atoms with E-state index < -0.39 is 45.8 Å². The van der Waals surface area contributed by atoms with Gasteiger partial charge in [0.1, 0.15) is 25.6 Å². The predicted octanol–water partition coefficient (Wildman–Crippen LogP) is 5.36. The highest BCUT2D eigenvalue weighted by Crippen LogP contribution is 2.14. The van der Waals surface area contributed by atoms with Crippen LogP contribution in [-0.4, -0.2) is 57.4 Å². The van der Waals surface area contributed by atoms with Gasteiger partial charge in [0.05, 0.1) is 11.8 Å². The molecule has 0 heterocycles. The number of sulfonamides is 1. The Bertz CT molecular complexity index is 1470. The van der Waals surface area contributed by atoms with Crippen LogP contribution < -0.4 is 20.1 Å². The van der Waals surface area contributed by atoms with E-state index in [0.717, 1.165) is 11.1 Å². The lowest BCUT2D eigenvalue weighted by Gasteiger charge is -2.25. The van der Waals surface area contributed by atoms with Crippen LogP contribution in [0.4, 0.5) is 9.59 Å². The van der Waals surface area contributed by atoms with Gasteiger partial charge in [-0.2, -0.15) is 0 Å². The van der Waals surface area contributed by atoms with Gasteiger partial charge in [0.15, 0.2) is 5.78 Å². The van der Waals surface area contributed by atoms with Gasteiger partial charge >= 0.3 is 12.2 Å². The molecule has 3 rings (SSSR count). The van der Waals surface area contributed by atoms with Gasteiger partial charge in [-0.15, -0.1) is 0 Å². The Morgan fingerprint density at radius 3 is 1.89 bits per heavy atom. The second-order valence-electron chi connectivity index (χ2n) is 11.2. The number of ether oxygens (including phenoxy) is 3. The number of para-hydroxylation sites is 1. The first-order chi connectivity index (χ1) is 22.6. The largest absolute Gasteiger partial charge is 0.486 e. The van der Waals surface area contributed by atoms with Crippen molar-refractivity contribution in [3.63, 3.8) is 0 Å². The summed E-state index contributed by atoms with van der Waals surface area (Å²) in [6.07, 6.45) is 0.403. The first kappa shape index (κ1) is 37.0. The second-order valence-corrected chi connectivity index (χ2v) is 13.0. The molecule has 0 saturated carbocycles. The number of hydrogen-bond acceptors (Lipinski definition) is 8. The molecule has 3 aromatic rings. The summed E-state index contributed by atoms with van der Waals surface area (Å²) in [6.45, 7) is 3.87. The molecule has 0 aliphatic carbocycles.